The highest BCUT2D eigenvalue weighted by Gasteiger charge is 2.19. The average Bonchev–Trinajstić information content (AvgIpc) is 2.31. The lowest BCUT2D eigenvalue weighted by Crippen LogP contribution is -2.32. The van der Waals surface area contributed by atoms with Crippen LogP contribution in [0.25, 0.3) is 0 Å². The summed E-state index contributed by atoms with van der Waals surface area (Å²) in [6.07, 6.45) is 4.69. The molecule has 1 fully saturated rings. The molecule has 100 valence electrons. The van der Waals surface area contributed by atoms with Crippen molar-refractivity contribution in [3.63, 3.8) is 0 Å². The fourth-order valence-corrected chi connectivity index (χ4v) is 2.57. The molecule has 1 aromatic rings. The molecule has 0 atom stereocenters. The molecule has 0 aromatic heterocycles. The molecule has 0 saturated heterocycles. The van der Waals surface area contributed by atoms with E-state index in [0.29, 0.717) is 12.1 Å². The first-order chi connectivity index (χ1) is 8.45. The van der Waals surface area contributed by atoms with E-state index in [1.807, 2.05) is 0 Å². The summed E-state index contributed by atoms with van der Waals surface area (Å²) in [4.78, 5) is 0. The van der Waals surface area contributed by atoms with Crippen molar-refractivity contribution in [3.8, 4) is 0 Å². The number of nitrogens with one attached hydrogen (secondary N) is 1. The summed E-state index contributed by atoms with van der Waals surface area (Å²) in [6, 6.07) is 9.83. The highest BCUT2D eigenvalue weighted by molar-refractivity contribution is 5.48. The Morgan fingerprint density at radius 2 is 1.78 bits per heavy atom. The summed E-state index contributed by atoms with van der Waals surface area (Å²) in [7, 11) is 0. The zero-order valence-electron chi connectivity index (χ0n) is 11.9. The van der Waals surface area contributed by atoms with E-state index in [2.05, 4.69) is 50.4 Å². The molecular weight excluding hydrogens is 220 g/mol. The van der Waals surface area contributed by atoms with Crippen molar-refractivity contribution in [2.45, 2.75) is 64.0 Å². The van der Waals surface area contributed by atoms with Crippen LogP contribution in [0.15, 0.2) is 24.3 Å². The summed E-state index contributed by atoms with van der Waals surface area (Å²) < 4.78 is 0. The Hall–Kier alpha value is -1.02. The molecule has 0 unspecified atom stereocenters. The summed E-state index contributed by atoms with van der Waals surface area (Å²) >= 11 is 0. The SMILES string of the molecule is CC(C)(C)c1cccc(NC2CCC(N)CC2)c1. The Morgan fingerprint density at radius 1 is 1.11 bits per heavy atom. The fraction of sp³-hybridized carbons (Fsp3) is 0.625. The van der Waals surface area contributed by atoms with Gasteiger partial charge >= 0.3 is 0 Å². The first-order valence-corrected chi connectivity index (χ1v) is 7.08. The highest BCUT2D eigenvalue weighted by Crippen LogP contribution is 2.26. The van der Waals surface area contributed by atoms with Crippen LogP contribution >= 0.6 is 0 Å². The van der Waals surface area contributed by atoms with E-state index in [4.69, 9.17) is 5.73 Å². The second-order valence-electron chi connectivity index (χ2n) is 6.59. The molecule has 3 N–H and O–H groups in total. The van der Waals surface area contributed by atoms with Gasteiger partial charge in [0.05, 0.1) is 0 Å². The molecule has 0 bridgehead atoms. The molecule has 2 rings (SSSR count). The Balaban J connectivity index is 2.01. The normalized spacial score (nSPS) is 24.9. The Morgan fingerprint density at radius 3 is 2.39 bits per heavy atom. The minimum absolute atomic E-state index is 0.215. The van der Waals surface area contributed by atoms with Crippen LogP contribution in [0.3, 0.4) is 0 Å². The number of hydrogen-bond donors (Lipinski definition) is 2. The molecule has 0 radical (unpaired) electrons. The van der Waals surface area contributed by atoms with Crippen molar-refractivity contribution in [2.75, 3.05) is 5.32 Å². The largest absolute Gasteiger partial charge is 0.382 e. The van der Waals surface area contributed by atoms with Crippen molar-refractivity contribution < 1.29 is 0 Å². The number of hydrogen-bond acceptors (Lipinski definition) is 2. The topological polar surface area (TPSA) is 38.0 Å². The Labute approximate surface area is 111 Å². The van der Waals surface area contributed by atoms with Gasteiger partial charge in [-0.3, -0.25) is 0 Å². The van der Waals surface area contributed by atoms with Crippen LogP contribution < -0.4 is 11.1 Å². The second kappa shape index (κ2) is 5.31. The van der Waals surface area contributed by atoms with E-state index in [0.717, 1.165) is 12.8 Å². The van der Waals surface area contributed by atoms with Crippen molar-refractivity contribution in [2.24, 2.45) is 5.73 Å². The third-order valence-electron chi connectivity index (χ3n) is 3.87. The van der Waals surface area contributed by atoms with Gasteiger partial charge in [0.15, 0.2) is 0 Å². The van der Waals surface area contributed by atoms with Gasteiger partial charge in [0, 0.05) is 17.8 Å². The third kappa shape index (κ3) is 3.49. The molecular formula is C16H26N2. The highest BCUT2D eigenvalue weighted by atomic mass is 14.9. The quantitative estimate of drug-likeness (QED) is 0.835. The van der Waals surface area contributed by atoms with Crippen molar-refractivity contribution in [1.29, 1.82) is 0 Å². The van der Waals surface area contributed by atoms with E-state index >= 15 is 0 Å². The Bertz CT molecular complexity index is 384. The van der Waals surface area contributed by atoms with Crippen LogP contribution in [-0.4, -0.2) is 12.1 Å². The van der Waals surface area contributed by atoms with Crippen molar-refractivity contribution in [3.05, 3.63) is 29.8 Å². The summed E-state index contributed by atoms with van der Waals surface area (Å²) in [6.45, 7) is 6.77. The van der Waals surface area contributed by atoms with Gasteiger partial charge in [-0.2, -0.15) is 0 Å². The smallest absolute Gasteiger partial charge is 0.0345 e. The van der Waals surface area contributed by atoms with Crippen LogP contribution in [0, 0.1) is 0 Å². The maximum atomic E-state index is 5.94. The van der Waals surface area contributed by atoms with Crippen LogP contribution in [0.4, 0.5) is 5.69 Å². The lowest BCUT2D eigenvalue weighted by molar-refractivity contribution is 0.411. The van der Waals surface area contributed by atoms with Crippen LogP contribution in [-0.2, 0) is 5.41 Å². The minimum Gasteiger partial charge on any atom is -0.382 e. The molecule has 0 amide bonds. The maximum absolute atomic E-state index is 5.94. The maximum Gasteiger partial charge on any atom is 0.0345 e. The van der Waals surface area contributed by atoms with Gasteiger partial charge in [-0.25, -0.2) is 0 Å². The first-order valence-electron chi connectivity index (χ1n) is 7.08. The van der Waals surface area contributed by atoms with Gasteiger partial charge < -0.3 is 11.1 Å². The van der Waals surface area contributed by atoms with Gasteiger partial charge in [0.1, 0.15) is 0 Å². The molecule has 0 heterocycles. The average molecular weight is 246 g/mol. The lowest BCUT2D eigenvalue weighted by atomic mass is 9.86. The number of anilines is 1. The molecule has 0 aliphatic heterocycles. The zero-order chi connectivity index (χ0) is 13.2. The van der Waals surface area contributed by atoms with E-state index in [9.17, 15) is 0 Å². The number of nitrogens with two attached hydrogens (primary N) is 1. The monoisotopic (exact) mass is 246 g/mol. The van der Waals surface area contributed by atoms with E-state index in [1.165, 1.54) is 24.1 Å². The molecule has 1 aliphatic rings. The van der Waals surface area contributed by atoms with Gasteiger partial charge in [-0.15, -0.1) is 0 Å². The first kappa shape index (κ1) is 13.4. The Kier molecular flexibility index (Phi) is 3.96. The minimum atomic E-state index is 0.215. The lowest BCUT2D eigenvalue weighted by Gasteiger charge is -2.28. The summed E-state index contributed by atoms with van der Waals surface area (Å²) in [5, 5.41) is 3.66. The number of rotatable bonds is 2. The molecule has 18 heavy (non-hydrogen) atoms. The third-order valence-corrected chi connectivity index (χ3v) is 3.87. The molecule has 2 nitrogen and oxygen atoms in total. The van der Waals surface area contributed by atoms with Gasteiger partial charge in [-0.05, 0) is 48.8 Å². The molecule has 0 spiro atoms. The molecule has 2 heteroatoms. The number of benzene rings is 1. The molecule has 1 saturated carbocycles. The molecule has 1 aromatic carbocycles. The standard InChI is InChI=1S/C16H26N2/c1-16(2,3)12-5-4-6-15(11-12)18-14-9-7-13(17)8-10-14/h4-6,11,13-14,18H,7-10,17H2,1-3H3. The van der Waals surface area contributed by atoms with Gasteiger partial charge in [0.25, 0.3) is 0 Å². The predicted octanol–water partition coefficient (Wildman–Crippen LogP) is 3.67. The van der Waals surface area contributed by atoms with E-state index in [1.54, 1.807) is 0 Å². The van der Waals surface area contributed by atoms with Crippen molar-refractivity contribution in [1.82, 2.24) is 0 Å². The van der Waals surface area contributed by atoms with E-state index < -0.39 is 0 Å². The fourth-order valence-electron chi connectivity index (χ4n) is 2.57. The van der Waals surface area contributed by atoms with Gasteiger partial charge in [-0.1, -0.05) is 32.9 Å². The van der Waals surface area contributed by atoms with E-state index in [-0.39, 0.29) is 5.41 Å². The van der Waals surface area contributed by atoms with Crippen LogP contribution in [0.1, 0.15) is 52.0 Å². The summed E-state index contributed by atoms with van der Waals surface area (Å²) in [5.74, 6) is 0. The van der Waals surface area contributed by atoms with Crippen LogP contribution in [0.2, 0.25) is 0 Å². The van der Waals surface area contributed by atoms with Crippen LogP contribution in [0.5, 0.6) is 0 Å². The second-order valence-corrected chi connectivity index (χ2v) is 6.59. The predicted molar refractivity (Wildman–Crippen MR) is 79.0 cm³/mol. The molecule has 1 aliphatic carbocycles. The van der Waals surface area contributed by atoms with Crippen molar-refractivity contribution >= 4 is 5.69 Å². The van der Waals surface area contributed by atoms with Gasteiger partial charge in [0.2, 0.25) is 0 Å². The zero-order valence-corrected chi connectivity index (χ0v) is 11.9. The summed E-state index contributed by atoms with van der Waals surface area (Å²) in [5.41, 5.74) is 8.80.